The average Bonchev–Trinajstić information content (AvgIpc) is 3.15. The minimum absolute atomic E-state index is 0.683. The van der Waals surface area contributed by atoms with Crippen molar-refractivity contribution in [2.24, 2.45) is 14.0 Å². The third kappa shape index (κ3) is 1.17. The van der Waals surface area contributed by atoms with Gasteiger partial charge < -0.3 is 0 Å². The second kappa shape index (κ2) is 3.52. The van der Waals surface area contributed by atoms with Crippen LogP contribution in [-0.4, -0.2) is 14.1 Å². The maximum absolute atomic E-state index is 8.12. The quantitative estimate of drug-likeness (QED) is 0.399. The minimum Gasteiger partial charge on any atom is -0.264 e. The van der Waals surface area contributed by atoms with Crippen LogP contribution in [0.15, 0.2) is 42.7 Å². The number of nitrogens with zero attached hydrogens (tertiary/aromatic N) is 4. The van der Waals surface area contributed by atoms with Crippen molar-refractivity contribution in [2.75, 3.05) is 0 Å². The lowest BCUT2D eigenvalue weighted by molar-refractivity contribution is -0.648. The van der Waals surface area contributed by atoms with Gasteiger partial charge in [0, 0.05) is 18.0 Å². The van der Waals surface area contributed by atoms with Gasteiger partial charge in [-0.15, -0.1) is 0 Å². The fraction of sp³-hybridized carbons (Fsp3) is 0.176. The SMILES string of the molecule is [2H]C([2H])([2H])n1c2[n+](c3c1c1cnccc1n3C)Cc1ccccc1-2. The lowest BCUT2D eigenvalue weighted by Crippen LogP contribution is -2.33. The summed E-state index contributed by atoms with van der Waals surface area (Å²) in [6.45, 7) is -1.58. The molecule has 1 aliphatic heterocycles. The van der Waals surface area contributed by atoms with E-state index in [2.05, 4.69) is 20.2 Å². The highest BCUT2D eigenvalue weighted by Gasteiger charge is 2.34. The molecule has 0 unspecified atom stereocenters. The number of hydrogen-bond donors (Lipinski definition) is 0. The summed E-state index contributed by atoms with van der Waals surface area (Å²) in [5.74, 6) is 0.747. The average molecular weight is 278 g/mol. The molecule has 1 aliphatic rings. The summed E-state index contributed by atoms with van der Waals surface area (Å²) < 4.78 is 30.0. The van der Waals surface area contributed by atoms with Gasteiger partial charge in [0.05, 0.1) is 35.6 Å². The molecule has 0 fully saturated rings. The molecular weight excluding hydrogens is 260 g/mol. The molecule has 4 heteroatoms. The van der Waals surface area contributed by atoms with Crippen molar-refractivity contribution in [3.05, 3.63) is 48.3 Å². The summed E-state index contributed by atoms with van der Waals surface area (Å²) in [5, 5.41) is 0.866. The summed E-state index contributed by atoms with van der Waals surface area (Å²) in [6.07, 6.45) is 3.49. The van der Waals surface area contributed by atoms with E-state index in [1.165, 1.54) is 4.57 Å². The van der Waals surface area contributed by atoms with Gasteiger partial charge in [-0.2, -0.15) is 0 Å². The summed E-state index contributed by atoms with van der Waals surface area (Å²) >= 11 is 0. The molecule has 21 heavy (non-hydrogen) atoms. The van der Waals surface area contributed by atoms with E-state index >= 15 is 0 Å². The van der Waals surface area contributed by atoms with Crippen LogP contribution in [0.5, 0.6) is 0 Å². The summed E-state index contributed by atoms with van der Waals surface area (Å²) in [5.41, 5.74) is 4.77. The zero-order valence-electron chi connectivity index (χ0n) is 14.5. The molecule has 0 spiro atoms. The number of hydrogen-bond acceptors (Lipinski definition) is 1. The third-order valence-electron chi connectivity index (χ3n) is 4.48. The van der Waals surface area contributed by atoms with Gasteiger partial charge in [-0.1, -0.05) is 18.2 Å². The van der Waals surface area contributed by atoms with Crippen molar-refractivity contribution >= 4 is 22.1 Å². The van der Waals surface area contributed by atoms with Crippen molar-refractivity contribution < 1.29 is 8.68 Å². The molecule has 0 aliphatic carbocycles. The lowest BCUT2D eigenvalue weighted by atomic mass is 10.1. The van der Waals surface area contributed by atoms with Crippen LogP contribution >= 0.6 is 0 Å². The van der Waals surface area contributed by atoms with Crippen molar-refractivity contribution in [1.29, 1.82) is 0 Å². The van der Waals surface area contributed by atoms with E-state index in [0.29, 0.717) is 6.54 Å². The number of aromatic nitrogens is 4. The Morgan fingerprint density at radius 3 is 3.05 bits per heavy atom. The molecule has 0 radical (unpaired) electrons. The number of pyridine rings is 1. The number of benzene rings is 1. The van der Waals surface area contributed by atoms with Crippen LogP contribution in [-0.2, 0) is 20.6 Å². The number of fused-ring (bicyclic) bond motifs is 7. The van der Waals surface area contributed by atoms with Crippen LogP contribution in [0.3, 0.4) is 0 Å². The van der Waals surface area contributed by atoms with E-state index in [1.807, 2.05) is 31.3 Å². The molecule has 4 aromatic rings. The largest absolute Gasteiger partial charge is 0.269 e. The number of imidazole rings is 1. The van der Waals surface area contributed by atoms with Crippen LogP contribution < -0.4 is 4.57 Å². The molecular formula is C17H15N4+. The van der Waals surface area contributed by atoms with Gasteiger partial charge in [0.15, 0.2) is 5.52 Å². The minimum atomic E-state index is -2.26. The zero-order valence-corrected chi connectivity index (χ0v) is 11.5. The molecule has 3 aromatic heterocycles. The predicted molar refractivity (Wildman–Crippen MR) is 81.9 cm³/mol. The summed E-state index contributed by atoms with van der Waals surface area (Å²) in [7, 11) is 1.98. The van der Waals surface area contributed by atoms with Gasteiger partial charge in [-0.25, -0.2) is 4.57 Å². The first-order valence-corrected chi connectivity index (χ1v) is 6.94. The molecule has 5 rings (SSSR count). The molecule has 0 amide bonds. The van der Waals surface area contributed by atoms with Gasteiger partial charge >= 0.3 is 0 Å². The highest BCUT2D eigenvalue weighted by atomic mass is 15.2. The van der Waals surface area contributed by atoms with E-state index in [9.17, 15) is 0 Å². The van der Waals surface area contributed by atoms with Crippen molar-refractivity contribution in [3.8, 4) is 11.4 Å². The fourth-order valence-electron chi connectivity index (χ4n) is 3.57. The van der Waals surface area contributed by atoms with Crippen molar-refractivity contribution in [1.82, 2.24) is 14.1 Å². The fourth-order valence-corrected chi connectivity index (χ4v) is 3.57. The first kappa shape index (κ1) is 8.62. The summed E-state index contributed by atoms with van der Waals surface area (Å²) in [4.78, 5) is 4.21. The normalized spacial score (nSPS) is 15.8. The van der Waals surface area contributed by atoms with Gasteiger partial charge in [-0.05, 0) is 12.1 Å². The van der Waals surface area contributed by atoms with E-state index in [0.717, 1.165) is 39.0 Å². The smallest absolute Gasteiger partial charge is 0.264 e. The van der Waals surface area contributed by atoms with Crippen LogP contribution in [0, 0.1) is 0 Å². The van der Waals surface area contributed by atoms with E-state index in [-0.39, 0.29) is 0 Å². The monoisotopic (exact) mass is 278 g/mol. The Morgan fingerprint density at radius 1 is 1.24 bits per heavy atom. The number of rotatable bonds is 0. The second-order valence-corrected chi connectivity index (χ2v) is 5.53. The van der Waals surface area contributed by atoms with Crippen LogP contribution in [0.2, 0.25) is 0 Å². The third-order valence-corrected chi connectivity index (χ3v) is 4.48. The maximum atomic E-state index is 8.12. The topological polar surface area (TPSA) is 26.6 Å². The Kier molecular flexibility index (Phi) is 1.45. The molecule has 0 saturated carbocycles. The molecule has 0 N–H and O–H groups in total. The lowest BCUT2D eigenvalue weighted by Gasteiger charge is -1.97. The zero-order chi connectivity index (χ0) is 16.6. The Balaban J connectivity index is 2.05. The predicted octanol–water partition coefficient (Wildman–Crippen LogP) is 2.38. The maximum Gasteiger partial charge on any atom is 0.269 e. The van der Waals surface area contributed by atoms with Crippen molar-refractivity contribution in [2.45, 2.75) is 6.54 Å². The van der Waals surface area contributed by atoms with Crippen LogP contribution in [0.25, 0.3) is 33.5 Å². The molecule has 4 nitrogen and oxygen atoms in total. The van der Waals surface area contributed by atoms with E-state index < -0.39 is 6.98 Å². The van der Waals surface area contributed by atoms with Gasteiger partial charge in [0.25, 0.3) is 5.65 Å². The molecule has 0 atom stereocenters. The Hall–Kier alpha value is -2.62. The number of aryl methyl sites for hydroxylation is 2. The van der Waals surface area contributed by atoms with Gasteiger partial charge in [0.2, 0.25) is 5.82 Å². The van der Waals surface area contributed by atoms with E-state index in [1.54, 1.807) is 12.4 Å². The first-order valence-electron chi connectivity index (χ1n) is 8.44. The molecule has 102 valence electrons. The second-order valence-electron chi connectivity index (χ2n) is 5.53. The standard InChI is InChI=1S/C17H15N4/c1-19-14-7-8-18-9-13(14)15-17(19)21-10-11-5-3-4-6-12(11)16(21)20(15)2/h3-9H,10H2,1-2H3/q+1/i2D3. The molecule has 4 heterocycles. The van der Waals surface area contributed by atoms with Crippen molar-refractivity contribution in [3.63, 3.8) is 0 Å². The first-order chi connectivity index (χ1) is 11.5. The van der Waals surface area contributed by atoms with Gasteiger partial charge in [-0.3, -0.25) is 14.1 Å². The molecule has 0 saturated heterocycles. The Bertz CT molecular complexity index is 1130. The molecule has 0 bridgehead atoms. The Labute approximate surface area is 126 Å². The summed E-state index contributed by atoms with van der Waals surface area (Å²) in [6, 6.07) is 9.93. The van der Waals surface area contributed by atoms with E-state index in [4.69, 9.17) is 4.11 Å². The van der Waals surface area contributed by atoms with Crippen LogP contribution in [0.4, 0.5) is 0 Å². The van der Waals surface area contributed by atoms with Crippen LogP contribution in [0.1, 0.15) is 9.68 Å². The Morgan fingerprint density at radius 2 is 2.14 bits per heavy atom. The molecule has 1 aromatic carbocycles. The van der Waals surface area contributed by atoms with Gasteiger partial charge in [0.1, 0.15) is 5.52 Å². The highest BCUT2D eigenvalue weighted by Crippen LogP contribution is 2.34. The highest BCUT2D eigenvalue weighted by molar-refractivity contribution is 6.04.